The Morgan fingerprint density at radius 3 is 2.30 bits per heavy atom. The van der Waals surface area contributed by atoms with E-state index < -0.39 is 10.0 Å². The maximum absolute atomic E-state index is 13.1. The molecule has 9 heteroatoms. The fraction of sp³-hybridized carbons (Fsp3) is 0.611. The van der Waals surface area contributed by atoms with Crippen LogP contribution in [0.4, 0.5) is 0 Å². The first-order valence-corrected chi connectivity index (χ1v) is 10.6. The van der Waals surface area contributed by atoms with Crippen molar-refractivity contribution in [2.75, 3.05) is 60.0 Å². The summed E-state index contributed by atoms with van der Waals surface area (Å²) in [5.41, 5.74) is 0. The van der Waals surface area contributed by atoms with Gasteiger partial charge in [0.15, 0.2) is 6.54 Å². The van der Waals surface area contributed by atoms with Crippen molar-refractivity contribution in [3.05, 3.63) is 18.2 Å². The van der Waals surface area contributed by atoms with E-state index in [1.165, 1.54) is 24.6 Å². The van der Waals surface area contributed by atoms with Gasteiger partial charge in [0, 0.05) is 19.2 Å². The summed E-state index contributed by atoms with van der Waals surface area (Å²) >= 11 is 0. The van der Waals surface area contributed by atoms with Crippen molar-refractivity contribution in [3.8, 4) is 11.5 Å². The number of likely N-dealkylation sites (N-methyl/N-ethyl adjacent to an activating group) is 1. The largest absolute Gasteiger partial charge is 0.497 e. The molecular formula is C18H30N3O5S+. The van der Waals surface area contributed by atoms with Gasteiger partial charge in [-0.1, -0.05) is 0 Å². The van der Waals surface area contributed by atoms with Gasteiger partial charge in [-0.2, -0.15) is 4.31 Å². The van der Waals surface area contributed by atoms with Crippen molar-refractivity contribution in [3.63, 3.8) is 0 Å². The second-order valence-corrected chi connectivity index (χ2v) is 8.32. The monoisotopic (exact) mass is 400 g/mol. The van der Waals surface area contributed by atoms with Gasteiger partial charge in [-0.25, -0.2) is 8.42 Å². The summed E-state index contributed by atoms with van der Waals surface area (Å²) in [5.74, 6) is 0.867. The van der Waals surface area contributed by atoms with Crippen molar-refractivity contribution in [1.29, 1.82) is 0 Å². The minimum Gasteiger partial charge on any atom is -0.497 e. The summed E-state index contributed by atoms with van der Waals surface area (Å²) in [6, 6.07) is 4.74. The minimum atomic E-state index is -3.70. The number of benzene rings is 1. The van der Waals surface area contributed by atoms with Gasteiger partial charge >= 0.3 is 0 Å². The molecule has 0 unspecified atom stereocenters. The average molecular weight is 401 g/mol. The Bertz CT molecular complexity index is 741. The number of ether oxygens (including phenoxy) is 2. The van der Waals surface area contributed by atoms with E-state index in [4.69, 9.17) is 9.47 Å². The number of carbonyl (C=O) groups is 1. The second kappa shape index (κ2) is 9.38. The molecule has 1 fully saturated rings. The summed E-state index contributed by atoms with van der Waals surface area (Å²) < 4.78 is 38.0. The zero-order valence-corrected chi connectivity index (χ0v) is 17.3. The van der Waals surface area contributed by atoms with Crippen LogP contribution in [0.2, 0.25) is 0 Å². The Kier molecular flexibility index (Phi) is 7.46. The normalized spacial score (nSPS) is 16.1. The molecule has 0 saturated carbocycles. The summed E-state index contributed by atoms with van der Waals surface area (Å²) in [7, 11) is -0.756. The Balaban J connectivity index is 2.08. The molecule has 8 nitrogen and oxygen atoms in total. The fourth-order valence-electron chi connectivity index (χ4n) is 3.25. The number of methoxy groups -OCH3 is 2. The maximum Gasteiger partial charge on any atom is 0.277 e. The number of rotatable bonds is 8. The van der Waals surface area contributed by atoms with E-state index in [2.05, 4.69) is 0 Å². The number of quaternary nitrogens is 1. The van der Waals surface area contributed by atoms with Crippen LogP contribution in [-0.2, 0) is 14.8 Å². The van der Waals surface area contributed by atoms with Crippen molar-refractivity contribution >= 4 is 15.9 Å². The standard InChI is InChI=1S/C18H29N3O5S/c1-5-20(6-2)18(22)14-19-9-11-21(12-10-19)27(23,24)17-13-15(25-3)7-8-16(17)26-4/h7-8,13H,5-6,9-12,14H2,1-4H3/p+1. The molecule has 1 aliphatic rings. The van der Waals surface area contributed by atoms with Crippen LogP contribution in [0.3, 0.4) is 0 Å². The van der Waals surface area contributed by atoms with Crippen molar-refractivity contribution in [2.24, 2.45) is 0 Å². The lowest BCUT2D eigenvalue weighted by Gasteiger charge is -2.32. The van der Waals surface area contributed by atoms with E-state index in [1.54, 1.807) is 17.0 Å². The van der Waals surface area contributed by atoms with Gasteiger partial charge in [-0.05, 0) is 26.0 Å². The van der Waals surface area contributed by atoms with Crippen LogP contribution in [0.5, 0.6) is 11.5 Å². The van der Waals surface area contributed by atoms with Crippen LogP contribution in [-0.4, -0.2) is 83.6 Å². The topological polar surface area (TPSA) is 80.6 Å². The number of hydrogen-bond acceptors (Lipinski definition) is 5. The van der Waals surface area contributed by atoms with E-state index >= 15 is 0 Å². The molecule has 0 aromatic heterocycles. The molecule has 0 atom stereocenters. The highest BCUT2D eigenvalue weighted by atomic mass is 32.2. The number of piperazine rings is 1. The molecule has 0 bridgehead atoms. The summed E-state index contributed by atoms with van der Waals surface area (Å²) in [4.78, 5) is 15.3. The van der Waals surface area contributed by atoms with Crippen molar-refractivity contribution < 1.29 is 27.6 Å². The molecule has 1 aliphatic heterocycles. The first-order valence-electron chi connectivity index (χ1n) is 9.20. The molecule has 0 spiro atoms. The highest BCUT2D eigenvalue weighted by molar-refractivity contribution is 7.89. The predicted molar refractivity (Wildman–Crippen MR) is 102 cm³/mol. The van der Waals surface area contributed by atoms with Crippen LogP contribution >= 0.6 is 0 Å². The zero-order valence-electron chi connectivity index (χ0n) is 16.5. The lowest BCUT2D eigenvalue weighted by atomic mass is 10.3. The SMILES string of the molecule is CCN(CC)C(=O)C[NH+]1CCN(S(=O)(=O)c2cc(OC)ccc2OC)CC1. The summed E-state index contributed by atoms with van der Waals surface area (Å²) in [5, 5.41) is 0. The van der Waals surface area contributed by atoms with Gasteiger partial charge < -0.3 is 19.3 Å². The molecule has 1 amide bonds. The van der Waals surface area contributed by atoms with Gasteiger partial charge in [0.25, 0.3) is 5.91 Å². The molecule has 152 valence electrons. The van der Waals surface area contributed by atoms with E-state index in [0.29, 0.717) is 57.3 Å². The Hall–Kier alpha value is -1.84. The molecule has 2 rings (SSSR count). The fourth-order valence-corrected chi connectivity index (χ4v) is 4.86. The van der Waals surface area contributed by atoms with Crippen LogP contribution in [0, 0.1) is 0 Å². The number of nitrogens with one attached hydrogen (secondary N) is 1. The minimum absolute atomic E-state index is 0.104. The van der Waals surface area contributed by atoms with Crippen molar-refractivity contribution in [2.45, 2.75) is 18.7 Å². The van der Waals surface area contributed by atoms with Gasteiger partial charge in [0.1, 0.15) is 16.4 Å². The number of hydrogen-bond donors (Lipinski definition) is 1. The predicted octanol–water partition coefficient (Wildman–Crippen LogP) is -0.539. The van der Waals surface area contributed by atoms with Crippen LogP contribution in [0.25, 0.3) is 0 Å². The van der Waals surface area contributed by atoms with Gasteiger partial charge in [-0.3, -0.25) is 4.79 Å². The molecule has 1 aromatic carbocycles. The average Bonchev–Trinajstić information content (AvgIpc) is 2.68. The molecule has 0 radical (unpaired) electrons. The van der Waals surface area contributed by atoms with Crippen LogP contribution in [0.1, 0.15) is 13.8 Å². The number of amides is 1. The summed E-state index contributed by atoms with van der Waals surface area (Å²) in [6.07, 6.45) is 0. The third kappa shape index (κ3) is 4.91. The maximum atomic E-state index is 13.1. The Labute approximate surface area is 161 Å². The summed E-state index contributed by atoms with van der Waals surface area (Å²) in [6.45, 7) is 7.63. The first-order chi connectivity index (χ1) is 12.9. The van der Waals surface area contributed by atoms with Gasteiger partial charge in [-0.15, -0.1) is 0 Å². The zero-order chi connectivity index (χ0) is 20.0. The lowest BCUT2D eigenvalue weighted by molar-refractivity contribution is -0.896. The number of nitrogens with zero attached hydrogens (tertiary/aromatic N) is 2. The van der Waals surface area contributed by atoms with E-state index in [-0.39, 0.29) is 10.8 Å². The van der Waals surface area contributed by atoms with E-state index in [9.17, 15) is 13.2 Å². The molecular weight excluding hydrogens is 370 g/mol. The van der Waals surface area contributed by atoms with E-state index in [0.717, 1.165) is 4.90 Å². The van der Waals surface area contributed by atoms with Crippen LogP contribution in [0.15, 0.2) is 23.1 Å². The molecule has 1 aromatic rings. The second-order valence-electron chi connectivity index (χ2n) is 6.41. The lowest BCUT2D eigenvalue weighted by Crippen LogP contribution is -3.15. The van der Waals surface area contributed by atoms with E-state index in [1.807, 2.05) is 13.8 Å². The van der Waals surface area contributed by atoms with Gasteiger partial charge in [0.2, 0.25) is 10.0 Å². The third-order valence-corrected chi connectivity index (χ3v) is 6.86. The molecule has 1 saturated heterocycles. The smallest absolute Gasteiger partial charge is 0.277 e. The van der Waals surface area contributed by atoms with Crippen molar-refractivity contribution in [1.82, 2.24) is 9.21 Å². The Morgan fingerprint density at radius 1 is 1.15 bits per heavy atom. The number of carbonyl (C=O) groups excluding carboxylic acids is 1. The number of sulfonamides is 1. The highest BCUT2D eigenvalue weighted by Gasteiger charge is 2.33. The quantitative estimate of drug-likeness (QED) is 0.634. The molecule has 0 aliphatic carbocycles. The molecule has 1 N–H and O–H groups in total. The van der Waals surface area contributed by atoms with Crippen LogP contribution < -0.4 is 14.4 Å². The van der Waals surface area contributed by atoms with Gasteiger partial charge in [0.05, 0.1) is 40.4 Å². The first kappa shape index (κ1) is 21.5. The Morgan fingerprint density at radius 2 is 1.78 bits per heavy atom. The molecule has 1 heterocycles. The third-order valence-electron chi connectivity index (χ3n) is 4.94. The molecule has 27 heavy (non-hydrogen) atoms. The highest BCUT2D eigenvalue weighted by Crippen LogP contribution is 2.30.